The Labute approximate surface area is 143 Å². The first-order valence-corrected chi connectivity index (χ1v) is 6.97. The van der Waals surface area contributed by atoms with Crippen LogP contribution in [-0.4, -0.2) is 28.8 Å². The second-order valence-electron chi connectivity index (χ2n) is 4.09. The van der Waals surface area contributed by atoms with Gasteiger partial charge in [0.15, 0.2) is 5.78 Å². The first kappa shape index (κ1) is 17.8. The average Bonchev–Trinajstić information content (AvgIpc) is 2.38. The molecule has 0 unspecified atom stereocenters. The van der Waals surface area contributed by atoms with Gasteiger partial charge in [-0.05, 0) is 31.2 Å². The van der Waals surface area contributed by atoms with E-state index in [-0.39, 0.29) is 46.4 Å². The van der Waals surface area contributed by atoms with Crippen LogP contribution in [0.5, 0.6) is 5.75 Å². The van der Waals surface area contributed by atoms with Crippen molar-refractivity contribution >= 4 is 15.9 Å². The van der Waals surface area contributed by atoms with Crippen LogP contribution in [-0.2, 0) is 10.1 Å². The number of nitrogens with zero attached hydrogens (tertiary/aromatic N) is 1. The molecule has 0 saturated heterocycles. The summed E-state index contributed by atoms with van der Waals surface area (Å²) < 4.78 is 33.4. The Bertz CT molecular complexity index is 775. The number of benzene rings is 1. The number of ketones is 1. The van der Waals surface area contributed by atoms with Crippen LogP contribution in [0.15, 0.2) is 41.4 Å². The van der Waals surface area contributed by atoms with Crippen molar-refractivity contribution in [2.45, 2.75) is 11.8 Å². The molecule has 6 nitrogen and oxygen atoms in total. The van der Waals surface area contributed by atoms with Crippen LogP contribution in [0, 0.1) is 0 Å². The Kier molecular flexibility index (Phi) is 5.66. The van der Waals surface area contributed by atoms with Crippen molar-refractivity contribution in [2.24, 2.45) is 0 Å². The van der Waals surface area contributed by atoms with Crippen LogP contribution >= 0.6 is 0 Å². The predicted molar refractivity (Wildman–Crippen MR) is 69.3 cm³/mol. The van der Waals surface area contributed by atoms with Gasteiger partial charge in [-0.3, -0.25) is 9.78 Å². The number of aromatic nitrogens is 1. The molecule has 1 aromatic heterocycles. The maximum absolute atomic E-state index is 11.5. The molecule has 0 spiro atoms. The van der Waals surface area contributed by atoms with Crippen LogP contribution in [0.4, 0.5) is 0 Å². The first-order valence-electron chi connectivity index (χ1n) is 5.56. The Balaban J connectivity index is 0.00000220. The first-order chi connectivity index (χ1) is 9.30. The Morgan fingerprint density at radius 2 is 1.95 bits per heavy atom. The van der Waals surface area contributed by atoms with Gasteiger partial charge >= 0.3 is 29.6 Å². The van der Waals surface area contributed by atoms with Crippen molar-refractivity contribution in [3.05, 3.63) is 42.1 Å². The van der Waals surface area contributed by atoms with Crippen LogP contribution in [0.1, 0.15) is 17.3 Å². The molecule has 0 radical (unpaired) electrons. The number of carbonyl (C=O) groups excluding carboxylic acids is 1. The van der Waals surface area contributed by atoms with E-state index in [4.69, 9.17) is 0 Å². The molecule has 0 amide bonds. The summed E-state index contributed by atoms with van der Waals surface area (Å²) >= 11 is 0. The fourth-order valence-corrected chi connectivity index (χ4v) is 2.26. The van der Waals surface area contributed by atoms with E-state index in [0.717, 1.165) is 12.1 Å². The summed E-state index contributed by atoms with van der Waals surface area (Å²) in [5.74, 6) is -0.950. The van der Waals surface area contributed by atoms with Gasteiger partial charge in [-0.15, -0.1) is 0 Å². The second kappa shape index (κ2) is 6.67. The van der Waals surface area contributed by atoms with E-state index < -0.39 is 26.5 Å². The molecule has 2 aromatic rings. The molecule has 0 fully saturated rings. The average molecular weight is 315 g/mol. The summed E-state index contributed by atoms with van der Waals surface area (Å²) in [6, 6.07) is 6.67. The maximum atomic E-state index is 11.5. The van der Waals surface area contributed by atoms with Crippen molar-refractivity contribution in [1.29, 1.82) is 0 Å². The SMILES string of the molecule is CC(=O)c1cc(S(=O)(=O)[O-])cc(-c2ccccn2)c1O.[Na+]. The fraction of sp³-hybridized carbons (Fsp3) is 0.0769. The summed E-state index contributed by atoms with van der Waals surface area (Å²) in [5, 5.41) is 10.0. The molecule has 0 aliphatic heterocycles. The van der Waals surface area contributed by atoms with Gasteiger partial charge in [-0.1, -0.05) is 6.07 Å². The Morgan fingerprint density at radius 1 is 1.29 bits per heavy atom. The van der Waals surface area contributed by atoms with E-state index in [1.807, 2.05) is 0 Å². The van der Waals surface area contributed by atoms with Crippen molar-refractivity contribution < 1.29 is 52.4 Å². The predicted octanol–water partition coefficient (Wildman–Crippen LogP) is -1.44. The fourth-order valence-electron chi connectivity index (χ4n) is 1.74. The summed E-state index contributed by atoms with van der Waals surface area (Å²) in [6.07, 6.45) is 1.45. The van der Waals surface area contributed by atoms with E-state index in [9.17, 15) is 22.9 Å². The van der Waals surface area contributed by atoms with Gasteiger partial charge in [0.2, 0.25) is 0 Å². The number of Topliss-reactive ketones (excluding diaryl/α,β-unsaturated/α-hetero) is 1. The van der Waals surface area contributed by atoms with E-state index in [1.165, 1.54) is 19.2 Å². The van der Waals surface area contributed by atoms with Gasteiger partial charge in [-0.25, -0.2) is 8.42 Å². The molecule has 21 heavy (non-hydrogen) atoms. The topological polar surface area (TPSA) is 107 Å². The zero-order valence-corrected chi connectivity index (χ0v) is 14.2. The van der Waals surface area contributed by atoms with Gasteiger partial charge in [-0.2, -0.15) is 0 Å². The molecule has 8 heteroatoms. The normalized spacial score (nSPS) is 10.8. The zero-order valence-electron chi connectivity index (χ0n) is 11.4. The van der Waals surface area contributed by atoms with Gasteiger partial charge in [0.05, 0.1) is 16.2 Å². The van der Waals surface area contributed by atoms with Crippen LogP contribution in [0.2, 0.25) is 0 Å². The molecular formula is C13H10NNaO5S. The van der Waals surface area contributed by atoms with Gasteiger partial charge < -0.3 is 9.66 Å². The number of phenols is 1. The standard InChI is InChI=1S/C13H11NO5S.Na/c1-8(15)10-6-9(20(17,18)19)7-11(13(10)16)12-4-2-3-5-14-12;/h2-7,16H,1H3,(H,17,18,19);/q;+1/p-1. The van der Waals surface area contributed by atoms with Crippen LogP contribution < -0.4 is 29.6 Å². The van der Waals surface area contributed by atoms with Crippen molar-refractivity contribution in [2.75, 3.05) is 0 Å². The number of aromatic hydroxyl groups is 1. The molecule has 0 aliphatic carbocycles. The molecule has 0 atom stereocenters. The molecule has 0 saturated carbocycles. The van der Waals surface area contributed by atoms with Crippen LogP contribution in [0.3, 0.4) is 0 Å². The molecule has 0 bridgehead atoms. The molecule has 1 N–H and O–H groups in total. The van der Waals surface area contributed by atoms with Crippen LogP contribution in [0.25, 0.3) is 11.3 Å². The third-order valence-corrected chi connectivity index (χ3v) is 3.51. The number of pyridine rings is 1. The van der Waals surface area contributed by atoms with Crippen molar-refractivity contribution in [3.63, 3.8) is 0 Å². The third-order valence-electron chi connectivity index (χ3n) is 2.69. The number of phenolic OH excluding ortho intramolecular Hbond substituents is 1. The van der Waals surface area contributed by atoms with E-state index in [0.29, 0.717) is 0 Å². The monoisotopic (exact) mass is 315 g/mol. The molecule has 1 heterocycles. The van der Waals surface area contributed by atoms with Crippen molar-refractivity contribution in [1.82, 2.24) is 4.98 Å². The molecule has 0 aliphatic rings. The summed E-state index contributed by atoms with van der Waals surface area (Å²) in [5.41, 5.74) is 0.0494. The maximum Gasteiger partial charge on any atom is 1.00 e. The minimum absolute atomic E-state index is 0. The molecule has 1 aromatic carbocycles. The van der Waals surface area contributed by atoms with Gasteiger partial charge in [0, 0.05) is 11.8 Å². The second-order valence-corrected chi connectivity index (χ2v) is 5.47. The quantitative estimate of drug-likeness (QED) is 0.422. The van der Waals surface area contributed by atoms with E-state index in [2.05, 4.69) is 4.98 Å². The largest absolute Gasteiger partial charge is 1.00 e. The van der Waals surface area contributed by atoms with E-state index in [1.54, 1.807) is 12.1 Å². The molecular weight excluding hydrogens is 305 g/mol. The minimum atomic E-state index is -4.75. The van der Waals surface area contributed by atoms with Gasteiger partial charge in [0.1, 0.15) is 15.9 Å². The molecule has 2 rings (SSSR count). The Morgan fingerprint density at radius 3 is 2.43 bits per heavy atom. The zero-order chi connectivity index (χ0) is 14.9. The molecule has 104 valence electrons. The summed E-state index contributed by atoms with van der Waals surface area (Å²) in [4.78, 5) is 14.8. The number of carbonyl (C=O) groups is 1. The number of hydrogen-bond acceptors (Lipinski definition) is 6. The smallest absolute Gasteiger partial charge is 0.744 e. The van der Waals surface area contributed by atoms with Gasteiger partial charge in [0.25, 0.3) is 0 Å². The Hall–Kier alpha value is -1.25. The van der Waals surface area contributed by atoms with Crippen molar-refractivity contribution in [3.8, 4) is 17.0 Å². The number of hydrogen-bond donors (Lipinski definition) is 1. The number of rotatable bonds is 3. The minimum Gasteiger partial charge on any atom is -0.744 e. The summed E-state index contributed by atoms with van der Waals surface area (Å²) in [7, 11) is -4.75. The summed E-state index contributed by atoms with van der Waals surface area (Å²) in [6.45, 7) is 1.17. The third kappa shape index (κ3) is 3.90. The van der Waals surface area contributed by atoms with E-state index >= 15 is 0 Å².